The fourth-order valence-corrected chi connectivity index (χ4v) is 2.31. The third-order valence-electron chi connectivity index (χ3n) is 4.00. The summed E-state index contributed by atoms with van der Waals surface area (Å²) in [5, 5.41) is 35.5. The first-order chi connectivity index (χ1) is 12.9. The number of amides is 1. The number of nitrogens with one attached hydrogen (secondary N) is 1. The number of nitrogens with zero attached hydrogens (tertiary/aromatic N) is 2. The lowest BCUT2D eigenvalue weighted by Crippen LogP contribution is -2.29. The van der Waals surface area contributed by atoms with Crippen LogP contribution in [0.3, 0.4) is 0 Å². The van der Waals surface area contributed by atoms with E-state index in [1.807, 2.05) is 30.3 Å². The molecule has 146 valence electrons. The highest BCUT2D eigenvalue weighted by atomic mass is 16.5. The molecule has 0 aliphatic heterocycles. The molecule has 1 aromatic carbocycles. The molecule has 0 bridgehead atoms. The minimum Gasteiger partial charge on any atom is -0.480 e. The van der Waals surface area contributed by atoms with Crippen LogP contribution in [0.15, 0.2) is 42.7 Å². The molecule has 27 heavy (non-hydrogen) atoms. The lowest BCUT2D eigenvalue weighted by atomic mass is 10.1. The Hall–Kier alpha value is -2.91. The molecule has 2 aromatic rings. The van der Waals surface area contributed by atoms with Crippen LogP contribution in [0.5, 0.6) is 0 Å². The monoisotopic (exact) mass is 377 g/mol. The highest BCUT2D eigenvalue weighted by Crippen LogP contribution is 2.19. The van der Waals surface area contributed by atoms with Gasteiger partial charge in [-0.1, -0.05) is 30.3 Å². The van der Waals surface area contributed by atoms with Crippen molar-refractivity contribution >= 4 is 12.1 Å². The number of carbonyl (C=O) groups is 2. The molecule has 0 aliphatic carbocycles. The number of rotatable bonds is 9. The number of aromatic nitrogens is 2. The van der Waals surface area contributed by atoms with Gasteiger partial charge in [0, 0.05) is 18.3 Å². The summed E-state index contributed by atoms with van der Waals surface area (Å²) < 4.78 is 6.23. The highest BCUT2D eigenvalue weighted by molar-refractivity contribution is 5.71. The van der Waals surface area contributed by atoms with Gasteiger partial charge in [-0.3, -0.25) is 4.68 Å². The Labute approximate surface area is 156 Å². The number of carboxylic acids is 1. The fourth-order valence-electron chi connectivity index (χ4n) is 2.31. The van der Waals surface area contributed by atoms with Crippen molar-refractivity contribution in [1.82, 2.24) is 15.1 Å². The molecular weight excluding hydrogens is 354 g/mol. The number of ether oxygens (including phenoxy) is 1. The first-order valence-electron chi connectivity index (χ1n) is 8.46. The van der Waals surface area contributed by atoms with Crippen molar-refractivity contribution in [2.24, 2.45) is 0 Å². The number of alkyl carbamates (subject to hydrolysis) is 1. The molecule has 2 unspecified atom stereocenters. The van der Waals surface area contributed by atoms with Crippen molar-refractivity contribution in [3.8, 4) is 0 Å². The van der Waals surface area contributed by atoms with Crippen LogP contribution in [0.4, 0.5) is 4.79 Å². The Balaban J connectivity index is 1.74. The third kappa shape index (κ3) is 6.08. The second kappa shape index (κ2) is 9.70. The van der Waals surface area contributed by atoms with Crippen LogP contribution in [0.25, 0.3) is 0 Å². The minimum absolute atomic E-state index is 0.0846. The van der Waals surface area contributed by atoms with E-state index < -0.39 is 30.3 Å². The molecule has 0 aliphatic rings. The number of hydrogen-bond acceptors (Lipinski definition) is 6. The minimum atomic E-state index is -1.25. The average Bonchev–Trinajstić information content (AvgIpc) is 3.15. The molecule has 2 rings (SSSR count). The van der Waals surface area contributed by atoms with Crippen LogP contribution in [-0.4, -0.2) is 49.8 Å². The van der Waals surface area contributed by atoms with Gasteiger partial charge in [-0.05, 0) is 18.9 Å². The molecule has 1 aromatic heterocycles. The fraction of sp³-hybridized carbons (Fsp3) is 0.389. The summed E-state index contributed by atoms with van der Waals surface area (Å²) in [5.74, 6) is -1.06. The summed E-state index contributed by atoms with van der Waals surface area (Å²) in [6.07, 6.45) is -0.271. The van der Waals surface area contributed by atoms with Crippen molar-refractivity contribution in [2.75, 3.05) is 6.54 Å². The zero-order chi connectivity index (χ0) is 19.8. The SMILES string of the molecule is C[C@@H](C(=O)O)n1cc(C(O)C(O)CCNC(=O)OCc2ccccc2)cn1. The first kappa shape index (κ1) is 20.4. The second-order valence-electron chi connectivity index (χ2n) is 6.06. The lowest BCUT2D eigenvalue weighted by molar-refractivity contribution is -0.140. The van der Waals surface area contributed by atoms with Crippen molar-refractivity contribution in [2.45, 2.75) is 38.2 Å². The maximum Gasteiger partial charge on any atom is 0.407 e. The Morgan fingerprint density at radius 1 is 1.26 bits per heavy atom. The van der Waals surface area contributed by atoms with Crippen molar-refractivity contribution < 1.29 is 29.6 Å². The first-order valence-corrected chi connectivity index (χ1v) is 8.46. The van der Waals surface area contributed by atoms with Gasteiger partial charge in [-0.2, -0.15) is 5.10 Å². The van der Waals surface area contributed by atoms with E-state index in [2.05, 4.69) is 10.4 Å². The summed E-state index contributed by atoms with van der Waals surface area (Å²) in [6, 6.07) is 8.32. The van der Waals surface area contributed by atoms with E-state index in [0.717, 1.165) is 5.56 Å². The largest absolute Gasteiger partial charge is 0.480 e. The van der Waals surface area contributed by atoms with Crippen molar-refractivity contribution in [3.63, 3.8) is 0 Å². The van der Waals surface area contributed by atoms with E-state index in [1.54, 1.807) is 0 Å². The average molecular weight is 377 g/mol. The van der Waals surface area contributed by atoms with E-state index in [4.69, 9.17) is 9.84 Å². The van der Waals surface area contributed by atoms with Gasteiger partial charge in [0.05, 0.1) is 12.3 Å². The maximum absolute atomic E-state index is 11.6. The molecule has 0 saturated heterocycles. The molecular formula is C18H23N3O6. The number of carbonyl (C=O) groups excluding carboxylic acids is 1. The van der Waals surface area contributed by atoms with Crippen LogP contribution in [0.1, 0.15) is 36.6 Å². The molecule has 0 radical (unpaired) electrons. The summed E-state index contributed by atoms with van der Waals surface area (Å²) in [7, 11) is 0. The van der Waals surface area contributed by atoms with E-state index in [0.29, 0.717) is 5.56 Å². The predicted molar refractivity (Wildman–Crippen MR) is 94.8 cm³/mol. The number of aliphatic hydroxyl groups is 2. The molecule has 1 amide bonds. The number of hydrogen-bond donors (Lipinski definition) is 4. The third-order valence-corrected chi connectivity index (χ3v) is 4.00. The van der Waals surface area contributed by atoms with Gasteiger partial charge in [0.15, 0.2) is 0 Å². The lowest BCUT2D eigenvalue weighted by Gasteiger charge is -2.17. The predicted octanol–water partition coefficient (Wildman–Crippen LogP) is 1.24. The molecule has 4 N–H and O–H groups in total. The van der Waals surface area contributed by atoms with Crippen LogP contribution < -0.4 is 5.32 Å². The molecule has 9 heteroatoms. The van der Waals surface area contributed by atoms with Crippen LogP contribution in [0, 0.1) is 0 Å². The Bertz CT molecular complexity index is 749. The molecule has 0 spiro atoms. The topological polar surface area (TPSA) is 134 Å². The van der Waals surface area contributed by atoms with Gasteiger partial charge in [0.25, 0.3) is 0 Å². The van der Waals surface area contributed by atoms with Gasteiger partial charge in [-0.15, -0.1) is 0 Å². The Morgan fingerprint density at radius 3 is 2.63 bits per heavy atom. The van der Waals surface area contributed by atoms with E-state index >= 15 is 0 Å². The number of benzene rings is 1. The smallest absolute Gasteiger partial charge is 0.407 e. The standard InChI is InChI=1S/C18H23N3O6/c1-12(17(24)25)21-10-14(9-20-21)16(23)15(22)7-8-19-18(26)27-11-13-5-3-2-4-6-13/h2-6,9-10,12,15-16,22-23H,7-8,11H2,1H3,(H,19,26)(H,24,25)/t12-,15?,16?/m0/s1. The summed E-state index contributed by atoms with van der Waals surface area (Å²) >= 11 is 0. The molecule has 0 fully saturated rings. The Morgan fingerprint density at radius 2 is 1.96 bits per heavy atom. The summed E-state index contributed by atoms with van der Waals surface area (Å²) in [4.78, 5) is 22.6. The Kier molecular flexibility index (Phi) is 7.33. The summed E-state index contributed by atoms with van der Waals surface area (Å²) in [6.45, 7) is 1.69. The van der Waals surface area contributed by atoms with Crippen LogP contribution in [0.2, 0.25) is 0 Å². The molecule has 0 saturated carbocycles. The van der Waals surface area contributed by atoms with Crippen LogP contribution in [-0.2, 0) is 16.1 Å². The molecule has 1 heterocycles. The van der Waals surface area contributed by atoms with Gasteiger partial charge < -0.3 is 25.4 Å². The quantitative estimate of drug-likeness (QED) is 0.516. The van der Waals surface area contributed by atoms with Gasteiger partial charge >= 0.3 is 12.1 Å². The van der Waals surface area contributed by atoms with Crippen LogP contribution >= 0.6 is 0 Å². The summed E-state index contributed by atoms with van der Waals surface area (Å²) in [5.41, 5.74) is 1.15. The second-order valence-corrected chi connectivity index (χ2v) is 6.06. The number of carboxylic acid groups (broad SMARTS) is 1. The van der Waals surface area contributed by atoms with Crippen molar-refractivity contribution in [1.29, 1.82) is 0 Å². The van der Waals surface area contributed by atoms with E-state index in [-0.39, 0.29) is 19.6 Å². The molecule has 3 atom stereocenters. The number of aliphatic carboxylic acids is 1. The molecule has 9 nitrogen and oxygen atoms in total. The number of aliphatic hydroxyl groups excluding tert-OH is 2. The van der Waals surface area contributed by atoms with Gasteiger partial charge in [0.2, 0.25) is 0 Å². The maximum atomic E-state index is 11.6. The van der Waals surface area contributed by atoms with Crippen molar-refractivity contribution in [3.05, 3.63) is 53.9 Å². The van der Waals surface area contributed by atoms with E-state index in [9.17, 15) is 19.8 Å². The normalized spacial score (nSPS) is 14.2. The zero-order valence-corrected chi connectivity index (χ0v) is 14.9. The van der Waals surface area contributed by atoms with Gasteiger partial charge in [0.1, 0.15) is 18.8 Å². The van der Waals surface area contributed by atoms with E-state index in [1.165, 1.54) is 24.0 Å². The zero-order valence-electron chi connectivity index (χ0n) is 14.9. The highest BCUT2D eigenvalue weighted by Gasteiger charge is 2.22. The van der Waals surface area contributed by atoms with Gasteiger partial charge in [-0.25, -0.2) is 9.59 Å².